The lowest BCUT2D eigenvalue weighted by molar-refractivity contribution is -0.119. The smallest absolute Gasteiger partial charge is 0.230 e. The van der Waals surface area contributed by atoms with Crippen molar-refractivity contribution in [1.29, 1.82) is 0 Å². The van der Waals surface area contributed by atoms with E-state index >= 15 is 0 Å². The van der Waals surface area contributed by atoms with Crippen LogP contribution in [0.2, 0.25) is 0 Å². The lowest BCUT2D eigenvalue weighted by Crippen LogP contribution is -2.28. The van der Waals surface area contributed by atoms with E-state index in [2.05, 4.69) is 21.6 Å². The first-order valence-corrected chi connectivity index (χ1v) is 9.59. The molecule has 27 heavy (non-hydrogen) atoms. The topological polar surface area (TPSA) is 59.8 Å². The summed E-state index contributed by atoms with van der Waals surface area (Å²) in [6.07, 6.45) is 0. The number of amides is 1. The Hall–Kier alpha value is -2.67. The number of hydrogen-bond donors (Lipinski definition) is 1. The van der Waals surface area contributed by atoms with Gasteiger partial charge in [0.15, 0.2) is 5.16 Å². The zero-order valence-electron chi connectivity index (χ0n) is 15.4. The van der Waals surface area contributed by atoms with Crippen LogP contribution in [-0.4, -0.2) is 26.4 Å². The molecule has 140 valence electrons. The van der Waals surface area contributed by atoms with Crippen LogP contribution in [0.5, 0.6) is 0 Å². The molecule has 5 nitrogen and oxygen atoms in total. The number of thioether (sulfide) groups is 1. The first-order valence-electron chi connectivity index (χ1n) is 8.60. The van der Waals surface area contributed by atoms with Gasteiger partial charge in [-0.05, 0) is 56.2 Å². The van der Waals surface area contributed by atoms with E-state index in [4.69, 9.17) is 0 Å². The number of hydrogen-bond acceptors (Lipinski definition) is 4. The molecule has 0 spiro atoms. The minimum atomic E-state index is -0.293. The third-order valence-electron chi connectivity index (χ3n) is 4.13. The highest BCUT2D eigenvalue weighted by Crippen LogP contribution is 2.22. The number of benzene rings is 2. The zero-order chi connectivity index (χ0) is 19.4. The second-order valence-corrected chi connectivity index (χ2v) is 7.28. The van der Waals surface area contributed by atoms with Gasteiger partial charge in [0.2, 0.25) is 5.91 Å². The van der Waals surface area contributed by atoms with E-state index in [0.717, 1.165) is 22.6 Å². The van der Waals surface area contributed by atoms with Crippen molar-refractivity contribution in [3.05, 3.63) is 71.3 Å². The molecule has 1 N–H and O–H groups in total. The first-order chi connectivity index (χ1) is 12.9. The van der Waals surface area contributed by atoms with Gasteiger partial charge in [-0.1, -0.05) is 36.0 Å². The molecule has 0 aliphatic heterocycles. The van der Waals surface area contributed by atoms with Gasteiger partial charge in [0.1, 0.15) is 11.6 Å². The van der Waals surface area contributed by atoms with Crippen LogP contribution in [0.1, 0.15) is 29.9 Å². The van der Waals surface area contributed by atoms with Gasteiger partial charge in [-0.3, -0.25) is 9.36 Å². The Kier molecular flexibility index (Phi) is 5.91. The number of carbonyl (C=O) groups is 1. The monoisotopic (exact) mass is 384 g/mol. The maximum atomic E-state index is 13.0. The number of aryl methyl sites for hydroxylation is 2. The molecular formula is C20H21FN4OS. The van der Waals surface area contributed by atoms with E-state index in [1.807, 2.05) is 43.5 Å². The Bertz CT molecular complexity index is 939. The summed E-state index contributed by atoms with van der Waals surface area (Å²) in [7, 11) is 0. The molecule has 0 radical (unpaired) electrons. The van der Waals surface area contributed by atoms with Crippen molar-refractivity contribution >= 4 is 17.7 Å². The molecular weight excluding hydrogens is 363 g/mol. The van der Waals surface area contributed by atoms with E-state index in [9.17, 15) is 9.18 Å². The van der Waals surface area contributed by atoms with Gasteiger partial charge in [-0.2, -0.15) is 0 Å². The minimum Gasteiger partial charge on any atom is -0.349 e. The summed E-state index contributed by atoms with van der Waals surface area (Å²) in [4.78, 5) is 12.3. The third kappa shape index (κ3) is 4.74. The van der Waals surface area contributed by atoms with Crippen molar-refractivity contribution < 1.29 is 9.18 Å². The lowest BCUT2D eigenvalue weighted by atomic mass is 10.1. The van der Waals surface area contributed by atoms with Crippen LogP contribution in [0.25, 0.3) is 5.69 Å². The summed E-state index contributed by atoms with van der Waals surface area (Å²) in [5, 5.41) is 11.9. The standard InChI is InChI=1S/C20H21FN4OS/c1-13-5-4-6-18(11-13)25-15(3)23-24-20(25)27-12-19(26)22-14(2)16-7-9-17(21)10-8-16/h4-11,14H,12H2,1-3H3,(H,22,26)/t14-/m0/s1. The van der Waals surface area contributed by atoms with Crippen LogP contribution in [0.15, 0.2) is 53.7 Å². The predicted molar refractivity (Wildman–Crippen MR) is 105 cm³/mol. The fourth-order valence-corrected chi connectivity index (χ4v) is 3.56. The van der Waals surface area contributed by atoms with Crippen molar-refractivity contribution in [3.63, 3.8) is 0 Å². The summed E-state index contributed by atoms with van der Waals surface area (Å²) in [6.45, 7) is 5.78. The summed E-state index contributed by atoms with van der Waals surface area (Å²) in [6, 6.07) is 14.0. The lowest BCUT2D eigenvalue weighted by Gasteiger charge is -2.14. The van der Waals surface area contributed by atoms with Crippen molar-refractivity contribution in [3.8, 4) is 5.69 Å². The van der Waals surface area contributed by atoms with Gasteiger partial charge in [-0.25, -0.2) is 4.39 Å². The molecule has 0 aliphatic rings. The number of nitrogens with zero attached hydrogens (tertiary/aromatic N) is 3. The highest BCUT2D eigenvalue weighted by molar-refractivity contribution is 7.99. The van der Waals surface area contributed by atoms with Gasteiger partial charge < -0.3 is 5.32 Å². The highest BCUT2D eigenvalue weighted by Gasteiger charge is 2.15. The quantitative estimate of drug-likeness (QED) is 0.653. The van der Waals surface area contributed by atoms with E-state index < -0.39 is 0 Å². The Morgan fingerprint density at radius 2 is 1.93 bits per heavy atom. The Labute approximate surface area is 162 Å². The average Bonchev–Trinajstić information content (AvgIpc) is 3.01. The normalized spacial score (nSPS) is 12.0. The van der Waals surface area contributed by atoms with Crippen LogP contribution in [0.4, 0.5) is 4.39 Å². The molecule has 7 heteroatoms. The summed E-state index contributed by atoms with van der Waals surface area (Å²) in [5.74, 6) is 0.574. The van der Waals surface area contributed by atoms with Crippen molar-refractivity contribution in [2.45, 2.75) is 32.0 Å². The van der Waals surface area contributed by atoms with Gasteiger partial charge >= 0.3 is 0 Å². The molecule has 0 saturated carbocycles. The maximum absolute atomic E-state index is 13.0. The summed E-state index contributed by atoms with van der Waals surface area (Å²) < 4.78 is 15.0. The van der Waals surface area contributed by atoms with E-state index in [1.165, 1.54) is 23.9 Å². The Morgan fingerprint density at radius 1 is 1.19 bits per heavy atom. The Morgan fingerprint density at radius 3 is 2.63 bits per heavy atom. The number of halogens is 1. The predicted octanol–water partition coefficient (Wildman–Crippen LogP) is 3.99. The molecule has 2 aromatic carbocycles. The molecule has 0 bridgehead atoms. The molecule has 0 aliphatic carbocycles. The molecule has 0 unspecified atom stereocenters. The SMILES string of the molecule is Cc1cccc(-n2c(C)nnc2SCC(=O)N[C@@H](C)c2ccc(F)cc2)c1. The largest absolute Gasteiger partial charge is 0.349 e. The Balaban J connectivity index is 1.65. The first kappa shape index (κ1) is 19.1. The average molecular weight is 384 g/mol. The molecule has 1 aromatic heterocycles. The second-order valence-electron chi connectivity index (χ2n) is 6.33. The van der Waals surface area contributed by atoms with Gasteiger partial charge in [0, 0.05) is 5.69 Å². The van der Waals surface area contributed by atoms with Crippen molar-refractivity contribution in [2.24, 2.45) is 0 Å². The molecule has 3 aromatic rings. The van der Waals surface area contributed by atoms with E-state index in [-0.39, 0.29) is 23.5 Å². The molecule has 1 amide bonds. The fourth-order valence-electron chi connectivity index (χ4n) is 2.75. The van der Waals surface area contributed by atoms with Gasteiger partial charge in [-0.15, -0.1) is 10.2 Å². The highest BCUT2D eigenvalue weighted by atomic mass is 32.2. The molecule has 1 heterocycles. The fraction of sp³-hybridized carbons (Fsp3) is 0.250. The third-order valence-corrected chi connectivity index (χ3v) is 5.06. The number of aromatic nitrogens is 3. The minimum absolute atomic E-state index is 0.117. The molecule has 0 fully saturated rings. The summed E-state index contributed by atoms with van der Waals surface area (Å²) in [5.41, 5.74) is 2.97. The van der Waals surface area contributed by atoms with Crippen molar-refractivity contribution in [1.82, 2.24) is 20.1 Å². The van der Waals surface area contributed by atoms with E-state index in [0.29, 0.717) is 5.16 Å². The van der Waals surface area contributed by atoms with Crippen LogP contribution < -0.4 is 5.32 Å². The van der Waals surface area contributed by atoms with Crippen LogP contribution in [-0.2, 0) is 4.79 Å². The number of nitrogens with one attached hydrogen (secondary N) is 1. The van der Waals surface area contributed by atoms with Gasteiger partial charge in [0.05, 0.1) is 11.8 Å². The van der Waals surface area contributed by atoms with E-state index in [1.54, 1.807) is 12.1 Å². The number of carbonyl (C=O) groups excluding carboxylic acids is 1. The van der Waals surface area contributed by atoms with Crippen LogP contribution >= 0.6 is 11.8 Å². The molecule has 1 atom stereocenters. The number of rotatable bonds is 6. The molecule has 0 saturated heterocycles. The van der Waals surface area contributed by atoms with Crippen LogP contribution in [0.3, 0.4) is 0 Å². The maximum Gasteiger partial charge on any atom is 0.230 e. The van der Waals surface area contributed by atoms with Crippen LogP contribution in [0, 0.1) is 19.7 Å². The zero-order valence-corrected chi connectivity index (χ0v) is 16.3. The molecule has 3 rings (SSSR count). The summed E-state index contributed by atoms with van der Waals surface area (Å²) >= 11 is 1.33. The van der Waals surface area contributed by atoms with Gasteiger partial charge in [0.25, 0.3) is 0 Å². The second kappa shape index (κ2) is 8.35. The van der Waals surface area contributed by atoms with Crippen molar-refractivity contribution in [2.75, 3.05) is 5.75 Å².